The molecule has 3 aromatic carbocycles. The van der Waals surface area contributed by atoms with Gasteiger partial charge in [-0.05, 0) is 92.8 Å². The van der Waals surface area contributed by atoms with Crippen molar-refractivity contribution in [3.63, 3.8) is 0 Å². The molecule has 5 nitrogen and oxygen atoms in total. The molecule has 0 radical (unpaired) electrons. The predicted molar refractivity (Wildman–Crippen MR) is 143 cm³/mol. The quantitative estimate of drug-likeness (QED) is 0.244. The van der Waals surface area contributed by atoms with Crippen LogP contribution in [-0.4, -0.2) is 23.3 Å². The number of unbranched alkanes of at least 4 members (excludes halogenated alkanes) is 3. The Bertz CT molecular complexity index is 1360. The molecule has 0 unspecified atom stereocenters. The van der Waals surface area contributed by atoms with Gasteiger partial charge >= 0.3 is 0 Å². The van der Waals surface area contributed by atoms with Crippen LogP contribution in [0.25, 0.3) is 22.3 Å². The van der Waals surface area contributed by atoms with Crippen LogP contribution >= 0.6 is 0 Å². The van der Waals surface area contributed by atoms with Crippen molar-refractivity contribution in [3.05, 3.63) is 87.7 Å². The minimum absolute atomic E-state index is 0.00930. The number of para-hydroxylation sites is 1. The number of aryl methyl sites for hydroxylation is 2. The number of ether oxygens (including phenoxy) is 2. The fourth-order valence-electron chi connectivity index (χ4n) is 4.39. The third-order valence-corrected chi connectivity index (χ3v) is 6.51. The van der Waals surface area contributed by atoms with E-state index >= 15 is 0 Å². The molecule has 4 aromatic rings. The third kappa shape index (κ3) is 5.73. The van der Waals surface area contributed by atoms with Crippen LogP contribution in [0, 0.1) is 20.8 Å². The molecule has 0 saturated carbocycles. The molecule has 0 aliphatic carbocycles. The Morgan fingerprint density at radius 3 is 2.40 bits per heavy atom. The molecular formula is C30H34N2O3. The Kier molecular flexibility index (Phi) is 7.86. The molecule has 1 heterocycles. The smallest absolute Gasteiger partial charge is 0.261 e. The van der Waals surface area contributed by atoms with Crippen LogP contribution in [0.2, 0.25) is 0 Å². The lowest BCUT2D eigenvalue weighted by Gasteiger charge is -2.14. The van der Waals surface area contributed by atoms with E-state index in [1.54, 1.807) is 7.11 Å². The number of benzene rings is 3. The number of methoxy groups -OCH3 is 1. The Hall–Kier alpha value is -3.60. The van der Waals surface area contributed by atoms with Gasteiger partial charge in [0.2, 0.25) is 0 Å². The average molecular weight is 471 g/mol. The van der Waals surface area contributed by atoms with Crippen molar-refractivity contribution in [2.45, 2.75) is 53.0 Å². The molecule has 0 N–H and O–H groups in total. The van der Waals surface area contributed by atoms with E-state index in [9.17, 15) is 4.79 Å². The van der Waals surface area contributed by atoms with Gasteiger partial charge in [-0.3, -0.25) is 9.36 Å². The van der Waals surface area contributed by atoms with Crippen molar-refractivity contribution in [2.24, 2.45) is 0 Å². The molecule has 0 amide bonds. The van der Waals surface area contributed by atoms with Gasteiger partial charge in [0.1, 0.15) is 17.3 Å². The Labute approximate surface area is 207 Å². The highest BCUT2D eigenvalue weighted by molar-refractivity contribution is 5.79. The maximum Gasteiger partial charge on any atom is 0.261 e. The normalized spacial score (nSPS) is 11.1. The van der Waals surface area contributed by atoms with Gasteiger partial charge in [0.15, 0.2) is 0 Å². The van der Waals surface area contributed by atoms with Crippen LogP contribution < -0.4 is 15.0 Å². The fourth-order valence-corrected chi connectivity index (χ4v) is 4.39. The summed E-state index contributed by atoms with van der Waals surface area (Å²) in [5.41, 5.74) is 5.34. The van der Waals surface area contributed by atoms with Gasteiger partial charge < -0.3 is 9.47 Å². The number of aromatic nitrogens is 2. The summed E-state index contributed by atoms with van der Waals surface area (Å²) in [6.07, 6.45) is 3.97. The molecule has 35 heavy (non-hydrogen) atoms. The van der Waals surface area contributed by atoms with Crippen molar-refractivity contribution >= 4 is 10.9 Å². The number of fused-ring (bicyclic) bond motifs is 1. The molecule has 0 fully saturated rings. The second-order valence-corrected chi connectivity index (χ2v) is 9.11. The summed E-state index contributed by atoms with van der Waals surface area (Å²) in [7, 11) is 1.65. The summed E-state index contributed by atoms with van der Waals surface area (Å²) in [5.74, 6) is 2.46. The highest BCUT2D eigenvalue weighted by Gasteiger charge is 2.13. The van der Waals surface area contributed by atoms with Crippen molar-refractivity contribution in [1.29, 1.82) is 0 Å². The summed E-state index contributed by atoms with van der Waals surface area (Å²) < 4.78 is 13.2. The van der Waals surface area contributed by atoms with Crippen molar-refractivity contribution in [2.75, 3.05) is 13.7 Å². The maximum atomic E-state index is 13.3. The van der Waals surface area contributed by atoms with Gasteiger partial charge in [0.05, 0.1) is 24.6 Å². The van der Waals surface area contributed by atoms with Gasteiger partial charge in [-0.2, -0.15) is 0 Å². The van der Waals surface area contributed by atoms with E-state index in [1.165, 1.54) is 16.7 Å². The Morgan fingerprint density at radius 1 is 0.886 bits per heavy atom. The van der Waals surface area contributed by atoms with Crippen molar-refractivity contribution in [3.8, 4) is 22.9 Å². The van der Waals surface area contributed by atoms with Crippen LogP contribution in [0.1, 0.15) is 42.4 Å². The molecule has 0 saturated heterocycles. The first-order valence-corrected chi connectivity index (χ1v) is 12.3. The predicted octanol–water partition coefficient (Wildman–Crippen LogP) is 6.64. The molecule has 182 valence electrons. The van der Waals surface area contributed by atoms with Gasteiger partial charge in [0, 0.05) is 12.1 Å². The molecule has 0 spiro atoms. The number of hydrogen-bond donors (Lipinski definition) is 0. The van der Waals surface area contributed by atoms with Crippen molar-refractivity contribution < 1.29 is 9.47 Å². The zero-order valence-corrected chi connectivity index (χ0v) is 21.1. The number of hydrogen-bond acceptors (Lipinski definition) is 4. The molecule has 0 bridgehead atoms. The average Bonchev–Trinajstić information content (AvgIpc) is 2.87. The second kappa shape index (κ2) is 11.2. The van der Waals surface area contributed by atoms with Gasteiger partial charge in [0.25, 0.3) is 5.56 Å². The van der Waals surface area contributed by atoms with Gasteiger partial charge in [-0.25, -0.2) is 4.98 Å². The first kappa shape index (κ1) is 24.5. The van der Waals surface area contributed by atoms with E-state index in [0.29, 0.717) is 24.4 Å². The molecule has 1 aromatic heterocycles. The molecule has 5 heteroatoms. The molecule has 0 aliphatic heterocycles. The SMILES string of the molecule is COc1ccc(-c2nc3ccccc3c(=O)n2CCCCCCOc2cc(C)cc(C)c2C)cc1. The lowest BCUT2D eigenvalue weighted by Crippen LogP contribution is -2.23. The summed E-state index contributed by atoms with van der Waals surface area (Å²) in [6.45, 7) is 7.68. The summed E-state index contributed by atoms with van der Waals surface area (Å²) in [6, 6.07) is 19.6. The first-order valence-electron chi connectivity index (χ1n) is 12.3. The summed E-state index contributed by atoms with van der Waals surface area (Å²) >= 11 is 0. The summed E-state index contributed by atoms with van der Waals surface area (Å²) in [5, 5.41) is 0.655. The topological polar surface area (TPSA) is 53.3 Å². The Balaban J connectivity index is 1.40. The lowest BCUT2D eigenvalue weighted by molar-refractivity contribution is 0.301. The van der Waals surface area contributed by atoms with E-state index in [1.807, 2.05) is 53.1 Å². The van der Waals surface area contributed by atoms with Crippen LogP contribution in [0.5, 0.6) is 11.5 Å². The zero-order chi connectivity index (χ0) is 24.8. The molecule has 0 aliphatic rings. The number of rotatable bonds is 10. The maximum absolute atomic E-state index is 13.3. The fraction of sp³-hybridized carbons (Fsp3) is 0.333. The van der Waals surface area contributed by atoms with Gasteiger partial charge in [-0.1, -0.05) is 31.0 Å². The molecular weight excluding hydrogens is 436 g/mol. The minimum atomic E-state index is 0.00930. The van der Waals surface area contributed by atoms with Crippen molar-refractivity contribution in [1.82, 2.24) is 9.55 Å². The van der Waals surface area contributed by atoms with E-state index < -0.39 is 0 Å². The van der Waals surface area contributed by atoms with E-state index in [4.69, 9.17) is 14.5 Å². The van der Waals surface area contributed by atoms with Crippen LogP contribution in [0.15, 0.2) is 65.5 Å². The van der Waals surface area contributed by atoms with E-state index in [-0.39, 0.29) is 5.56 Å². The monoisotopic (exact) mass is 470 g/mol. The highest BCUT2D eigenvalue weighted by Crippen LogP contribution is 2.24. The standard InChI is InChI=1S/C30H34N2O3/c1-21-19-22(2)23(3)28(20-21)35-18-10-6-5-9-17-32-29(24-13-15-25(34-4)16-14-24)31-27-12-8-7-11-26(27)30(32)33/h7-8,11-16,19-20H,5-6,9-10,17-18H2,1-4H3. The third-order valence-electron chi connectivity index (χ3n) is 6.51. The summed E-state index contributed by atoms with van der Waals surface area (Å²) in [4.78, 5) is 18.2. The van der Waals surface area contributed by atoms with E-state index in [2.05, 4.69) is 32.9 Å². The first-order chi connectivity index (χ1) is 17.0. The minimum Gasteiger partial charge on any atom is -0.497 e. The van der Waals surface area contributed by atoms with Crippen LogP contribution in [0.4, 0.5) is 0 Å². The van der Waals surface area contributed by atoms with E-state index in [0.717, 1.165) is 48.3 Å². The Morgan fingerprint density at radius 2 is 1.63 bits per heavy atom. The number of nitrogens with zero attached hydrogens (tertiary/aromatic N) is 2. The van der Waals surface area contributed by atoms with Crippen LogP contribution in [-0.2, 0) is 6.54 Å². The van der Waals surface area contributed by atoms with Crippen LogP contribution in [0.3, 0.4) is 0 Å². The molecule has 0 atom stereocenters. The second-order valence-electron chi connectivity index (χ2n) is 9.11. The zero-order valence-electron chi connectivity index (χ0n) is 21.1. The lowest BCUT2D eigenvalue weighted by atomic mass is 10.1. The highest BCUT2D eigenvalue weighted by atomic mass is 16.5. The largest absolute Gasteiger partial charge is 0.497 e. The van der Waals surface area contributed by atoms with Gasteiger partial charge in [-0.15, -0.1) is 0 Å². The molecule has 4 rings (SSSR count).